The van der Waals surface area contributed by atoms with Gasteiger partial charge in [0, 0.05) is 12.7 Å². The molecule has 1 amide bonds. The Hall–Kier alpha value is -2.74. The third-order valence-electron chi connectivity index (χ3n) is 2.98. The summed E-state index contributed by atoms with van der Waals surface area (Å²) in [5.41, 5.74) is 7.09. The number of amides is 1. The first kappa shape index (κ1) is 16.6. The molecule has 0 aliphatic rings. The number of anilines is 2. The second kappa shape index (κ2) is 7.01. The number of ether oxygens (including phenoxy) is 1. The minimum Gasteiger partial charge on any atom is -0.444 e. The second-order valence-electron chi connectivity index (χ2n) is 4.74. The van der Waals surface area contributed by atoms with Crippen molar-refractivity contribution >= 4 is 27.7 Å². The number of nitrogens with one attached hydrogen (secondary N) is 1. The van der Waals surface area contributed by atoms with Crippen LogP contribution in [0.4, 0.5) is 16.2 Å². The number of benzene rings is 2. The van der Waals surface area contributed by atoms with Gasteiger partial charge in [0.2, 0.25) is 0 Å². The lowest BCUT2D eigenvalue weighted by molar-refractivity contribution is 0.124. The van der Waals surface area contributed by atoms with Crippen LogP contribution in [0.2, 0.25) is 0 Å². The molecule has 23 heavy (non-hydrogen) atoms. The molecular formula is C15H17N3O4S. The van der Waals surface area contributed by atoms with E-state index in [1.54, 1.807) is 36.4 Å². The number of hydrogen-bond donors (Lipinski definition) is 2. The molecule has 0 atom stereocenters. The number of nitrogen functional groups attached to an aromatic ring is 1. The first-order chi connectivity index (χ1) is 10.9. The van der Waals surface area contributed by atoms with Crippen LogP contribution in [-0.4, -0.2) is 25.9 Å². The van der Waals surface area contributed by atoms with Crippen molar-refractivity contribution in [1.82, 2.24) is 4.31 Å². The molecular weight excluding hydrogens is 318 g/mol. The monoisotopic (exact) mass is 335 g/mol. The lowest BCUT2D eigenvalue weighted by Crippen LogP contribution is -2.37. The van der Waals surface area contributed by atoms with E-state index in [1.165, 1.54) is 12.1 Å². The maximum Gasteiger partial charge on any atom is 0.425 e. The van der Waals surface area contributed by atoms with Gasteiger partial charge in [0.05, 0.1) is 5.69 Å². The van der Waals surface area contributed by atoms with Crippen LogP contribution in [0.5, 0.6) is 0 Å². The molecule has 2 aromatic carbocycles. The molecule has 0 heterocycles. The van der Waals surface area contributed by atoms with Crippen molar-refractivity contribution < 1.29 is 17.9 Å². The van der Waals surface area contributed by atoms with E-state index in [2.05, 4.69) is 4.72 Å². The van der Waals surface area contributed by atoms with E-state index in [0.717, 1.165) is 12.6 Å². The van der Waals surface area contributed by atoms with Gasteiger partial charge in [-0.15, -0.1) is 0 Å². The fourth-order valence-corrected chi connectivity index (χ4v) is 2.50. The standard InChI is InChI=1S/C15H17N3O4S/c1-18(15(19)22-11-12-5-3-2-4-6-12)23(20,21)17-14-9-7-13(16)8-10-14/h2-10,17H,11,16H2,1H3. The van der Waals surface area contributed by atoms with Crippen molar-refractivity contribution in [1.29, 1.82) is 0 Å². The van der Waals surface area contributed by atoms with E-state index in [4.69, 9.17) is 10.5 Å². The summed E-state index contributed by atoms with van der Waals surface area (Å²) < 4.78 is 32.0. The van der Waals surface area contributed by atoms with Gasteiger partial charge in [0.15, 0.2) is 0 Å². The van der Waals surface area contributed by atoms with Gasteiger partial charge in [-0.1, -0.05) is 30.3 Å². The third-order valence-corrected chi connectivity index (χ3v) is 4.34. The van der Waals surface area contributed by atoms with E-state index in [9.17, 15) is 13.2 Å². The highest BCUT2D eigenvalue weighted by Crippen LogP contribution is 2.14. The van der Waals surface area contributed by atoms with E-state index < -0.39 is 16.3 Å². The Labute approximate surface area is 134 Å². The molecule has 3 N–H and O–H groups in total. The Bertz CT molecular complexity index is 761. The Balaban J connectivity index is 1.98. The second-order valence-corrected chi connectivity index (χ2v) is 6.44. The Kier molecular flexibility index (Phi) is 5.07. The van der Waals surface area contributed by atoms with E-state index in [-0.39, 0.29) is 6.61 Å². The van der Waals surface area contributed by atoms with Crippen molar-refractivity contribution in [2.45, 2.75) is 6.61 Å². The summed E-state index contributed by atoms with van der Waals surface area (Å²) >= 11 is 0. The summed E-state index contributed by atoms with van der Waals surface area (Å²) in [7, 11) is -2.94. The summed E-state index contributed by atoms with van der Waals surface area (Å²) in [5.74, 6) is 0. The number of carbonyl (C=O) groups excluding carboxylic acids is 1. The van der Waals surface area contributed by atoms with Crippen molar-refractivity contribution in [2.75, 3.05) is 17.5 Å². The number of nitrogens with zero attached hydrogens (tertiary/aromatic N) is 1. The van der Waals surface area contributed by atoms with Crippen molar-refractivity contribution in [3.8, 4) is 0 Å². The van der Waals surface area contributed by atoms with E-state index in [0.29, 0.717) is 15.7 Å². The van der Waals surface area contributed by atoms with Crippen LogP contribution in [0, 0.1) is 0 Å². The molecule has 0 radical (unpaired) electrons. The number of carbonyl (C=O) groups is 1. The molecule has 0 aromatic heterocycles. The van der Waals surface area contributed by atoms with Crippen LogP contribution < -0.4 is 10.5 Å². The van der Waals surface area contributed by atoms with Gasteiger partial charge in [0.25, 0.3) is 0 Å². The maximum absolute atomic E-state index is 12.1. The highest BCUT2D eigenvalue weighted by atomic mass is 32.2. The van der Waals surface area contributed by atoms with Gasteiger partial charge in [-0.2, -0.15) is 12.7 Å². The van der Waals surface area contributed by atoms with Crippen LogP contribution in [0.1, 0.15) is 5.56 Å². The lowest BCUT2D eigenvalue weighted by atomic mass is 10.2. The molecule has 0 spiro atoms. The molecule has 0 saturated carbocycles. The van der Waals surface area contributed by atoms with Gasteiger partial charge in [-0.05, 0) is 29.8 Å². The number of rotatable bonds is 5. The van der Waals surface area contributed by atoms with E-state index in [1.807, 2.05) is 6.07 Å². The summed E-state index contributed by atoms with van der Waals surface area (Å²) in [6.45, 7) is -0.0125. The average Bonchev–Trinajstić information content (AvgIpc) is 2.55. The van der Waals surface area contributed by atoms with Crippen molar-refractivity contribution in [2.24, 2.45) is 0 Å². The Morgan fingerprint density at radius 1 is 1.13 bits per heavy atom. The fraction of sp³-hybridized carbons (Fsp3) is 0.133. The SMILES string of the molecule is CN(C(=O)OCc1ccccc1)S(=O)(=O)Nc1ccc(N)cc1. The molecule has 0 aliphatic carbocycles. The summed E-state index contributed by atoms with van der Waals surface area (Å²) in [4.78, 5) is 11.9. The van der Waals surface area contributed by atoms with Crippen molar-refractivity contribution in [3.63, 3.8) is 0 Å². The maximum atomic E-state index is 12.1. The first-order valence-corrected chi connectivity index (χ1v) is 8.15. The minimum absolute atomic E-state index is 0.0125. The van der Waals surface area contributed by atoms with Crippen LogP contribution in [0.15, 0.2) is 54.6 Å². The number of nitrogens with two attached hydrogens (primary N) is 1. The lowest BCUT2D eigenvalue weighted by Gasteiger charge is -2.18. The minimum atomic E-state index is -4.06. The topological polar surface area (TPSA) is 102 Å². The van der Waals surface area contributed by atoms with Crippen LogP contribution in [-0.2, 0) is 21.6 Å². The Morgan fingerprint density at radius 2 is 1.74 bits per heavy atom. The highest BCUT2D eigenvalue weighted by molar-refractivity contribution is 7.90. The average molecular weight is 335 g/mol. The third kappa shape index (κ3) is 4.62. The Morgan fingerprint density at radius 3 is 2.35 bits per heavy atom. The molecule has 8 heteroatoms. The van der Waals surface area contributed by atoms with Crippen LogP contribution in [0.25, 0.3) is 0 Å². The first-order valence-electron chi connectivity index (χ1n) is 6.71. The molecule has 122 valence electrons. The molecule has 2 aromatic rings. The zero-order valence-corrected chi connectivity index (χ0v) is 13.3. The van der Waals surface area contributed by atoms with Crippen molar-refractivity contribution in [3.05, 3.63) is 60.2 Å². The molecule has 7 nitrogen and oxygen atoms in total. The summed E-state index contributed by atoms with van der Waals surface area (Å²) in [5, 5.41) is 0. The number of hydrogen-bond acceptors (Lipinski definition) is 5. The zero-order valence-electron chi connectivity index (χ0n) is 12.5. The predicted octanol–water partition coefficient (Wildman–Crippen LogP) is 2.19. The largest absolute Gasteiger partial charge is 0.444 e. The van der Waals surface area contributed by atoms with Crippen LogP contribution in [0.3, 0.4) is 0 Å². The van der Waals surface area contributed by atoms with Gasteiger partial charge in [0.1, 0.15) is 6.61 Å². The predicted molar refractivity (Wildman–Crippen MR) is 87.8 cm³/mol. The van der Waals surface area contributed by atoms with Gasteiger partial charge in [-0.25, -0.2) is 4.79 Å². The molecule has 0 saturated heterocycles. The van der Waals surface area contributed by atoms with Gasteiger partial charge in [-0.3, -0.25) is 4.72 Å². The van der Waals surface area contributed by atoms with Crippen LogP contribution >= 0.6 is 0 Å². The highest BCUT2D eigenvalue weighted by Gasteiger charge is 2.24. The molecule has 2 rings (SSSR count). The summed E-state index contributed by atoms with van der Waals surface area (Å²) in [6, 6.07) is 15.1. The quantitative estimate of drug-likeness (QED) is 0.816. The smallest absolute Gasteiger partial charge is 0.425 e. The zero-order chi connectivity index (χ0) is 16.9. The molecule has 0 unspecified atom stereocenters. The molecule has 0 fully saturated rings. The molecule has 0 bridgehead atoms. The van der Waals surface area contributed by atoms with E-state index >= 15 is 0 Å². The summed E-state index contributed by atoms with van der Waals surface area (Å²) in [6.07, 6.45) is -0.975. The normalized spacial score (nSPS) is 10.8. The fourth-order valence-electron chi connectivity index (χ4n) is 1.68. The molecule has 0 aliphatic heterocycles. The van der Waals surface area contributed by atoms with Gasteiger partial charge < -0.3 is 10.5 Å². The van der Waals surface area contributed by atoms with Gasteiger partial charge >= 0.3 is 16.3 Å².